The van der Waals surface area contributed by atoms with Gasteiger partial charge in [-0.05, 0) is 18.2 Å². The highest BCUT2D eigenvalue weighted by molar-refractivity contribution is 5.91. The molecule has 0 radical (unpaired) electrons. The van der Waals surface area contributed by atoms with Crippen molar-refractivity contribution in [1.82, 2.24) is 24.6 Å². The van der Waals surface area contributed by atoms with Crippen molar-refractivity contribution in [1.29, 1.82) is 0 Å². The molecule has 2 aromatic rings. The first kappa shape index (κ1) is 15.2. The number of fused-ring (bicyclic) bond motifs is 1. The zero-order chi connectivity index (χ0) is 16.7. The smallest absolute Gasteiger partial charge is 0.279 e. The second-order valence-electron chi connectivity index (χ2n) is 6.29. The van der Waals surface area contributed by atoms with Crippen molar-refractivity contribution < 1.29 is 10.0 Å². The van der Waals surface area contributed by atoms with Gasteiger partial charge >= 0.3 is 0 Å². The van der Waals surface area contributed by atoms with E-state index < -0.39 is 4.92 Å². The number of hydrogen-bond donors (Lipinski definition) is 1. The van der Waals surface area contributed by atoms with Crippen LogP contribution in [0, 0.1) is 10.1 Å². The number of pyridine rings is 1. The van der Waals surface area contributed by atoms with E-state index >= 15 is 0 Å². The molecule has 1 aromatic heterocycles. The molecule has 6 rings (SSSR count). The van der Waals surface area contributed by atoms with Gasteiger partial charge in [0, 0.05) is 12.3 Å². The first-order valence-electron chi connectivity index (χ1n) is 7.70. The zero-order valence-corrected chi connectivity index (χ0v) is 13.1. The van der Waals surface area contributed by atoms with Crippen LogP contribution in [0.25, 0.3) is 10.9 Å². The van der Waals surface area contributed by atoms with Gasteiger partial charge in [-0.15, -0.1) is 0 Å². The second-order valence-corrected chi connectivity index (χ2v) is 6.29. The number of nitro benzene ring substituents is 1. The van der Waals surface area contributed by atoms with Crippen molar-refractivity contribution in [3.63, 3.8) is 0 Å². The van der Waals surface area contributed by atoms with Gasteiger partial charge in [0.25, 0.3) is 5.69 Å². The lowest BCUT2D eigenvalue weighted by Gasteiger charge is -2.56. The lowest BCUT2D eigenvalue weighted by molar-refractivity contribution is -0.383. The molecule has 0 unspecified atom stereocenters. The van der Waals surface area contributed by atoms with Gasteiger partial charge < -0.3 is 5.11 Å². The van der Waals surface area contributed by atoms with Gasteiger partial charge in [0.15, 0.2) is 0 Å². The van der Waals surface area contributed by atoms with Gasteiger partial charge in [-0.2, -0.15) is 0 Å². The van der Waals surface area contributed by atoms with Crippen molar-refractivity contribution in [3.05, 3.63) is 40.6 Å². The SMILES string of the molecule is C1N2CN3CN1CN(C2)C3.O=[N+]([O-])c1ccc(O)c2ncccc12. The van der Waals surface area contributed by atoms with Crippen LogP contribution in [-0.2, 0) is 0 Å². The first-order chi connectivity index (χ1) is 11.6. The summed E-state index contributed by atoms with van der Waals surface area (Å²) in [5.41, 5.74) is 0.201. The Balaban J connectivity index is 0.000000127. The molecule has 0 spiro atoms. The minimum Gasteiger partial charge on any atom is -0.506 e. The summed E-state index contributed by atoms with van der Waals surface area (Å²) < 4.78 is 0. The normalized spacial score (nSPS) is 30.0. The fourth-order valence-corrected chi connectivity index (χ4v) is 3.54. The average molecular weight is 330 g/mol. The van der Waals surface area contributed by atoms with Gasteiger partial charge in [-0.3, -0.25) is 34.7 Å². The van der Waals surface area contributed by atoms with Crippen LogP contribution in [0.3, 0.4) is 0 Å². The number of phenols is 1. The molecule has 4 aliphatic heterocycles. The molecule has 0 amide bonds. The molecule has 126 valence electrons. The van der Waals surface area contributed by atoms with Crippen LogP contribution in [0.4, 0.5) is 5.69 Å². The Hall–Kier alpha value is -2.33. The van der Waals surface area contributed by atoms with E-state index in [4.69, 9.17) is 0 Å². The number of non-ortho nitro benzene ring substituents is 1. The molecule has 4 fully saturated rings. The van der Waals surface area contributed by atoms with Crippen LogP contribution in [-0.4, -0.2) is 74.6 Å². The summed E-state index contributed by atoms with van der Waals surface area (Å²) in [6.07, 6.45) is 1.48. The predicted molar refractivity (Wildman–Crippen MR) is 86.6 cm³/mol. The molecular formula is C15H18N6O3. The number of phenolic OH excluding ortho intramolecular Hbond substituents is 1. The largest absolute Gasteiger partial charge is 0.506 e. The van der Waals surface area contributed by atoms with Crippen LogP contribution < -0.4 is 0 Å². The van der Waals surface area contributed by atoms with Gasteiger partial charge in [0.2, 0.25) is 0 Å². The highest BCUT2D eigenvalue weighted by atomic mass is 16.6. The number of benzene rings is 1. The molecule has 1 aromatic carbocycles. The van der Waals surface area contributed by atoms with E-state index in [1.54, 1.807) is 12.1 Å². The third-order valence-electron chi connectivity index (χ3n) is 4.32. The summed E-state index contributed by atoms with van der Waals surface area (Å²) in [4.78, 5) is 23.9. The molecule has 5 heterocycles. The molecule has 4 aliphatic rings. The molecule has 9 nitrogen and oxygen atoms in total. The highest BCUT2D eigenvalue weighted by Gasteiger charge is 2.36. The van der Waals surface area contributed by atoms with E-state index in [0.29, 0.717) is 5.39 Å². The second kappa shape index (κ2) is 5.95. The van der Waals surface area contributed by atoms with Gasteiger partial charge in [-0.25, -0.2) is 0 Å². The molecule has 24 heavy (non-hydrogen) atoms. The monoisotopic (exact) mass is 330 g/mol. The molecule has 0 aliphatic carbocycles. The number of rotatable bonds is 1. The highest BCUT2D eigenvalue weighted by Crippen LogP contribution is 2.29. The summed E-state index contributed by atoms with van der Waals surface area (Å²) >= 11 is 0. The number of nitro groups is 1. The van der Waals surface area contributed by atoms with Crippen molar-refractivity contribution >= 4 is 16.6 Å². The van der Waals surface area contributed by atoms with Gasteiger partial charge in [-0.1, -0.05) is 0 Å². The van der Waals surface area contributed by atoms with E-state index in [1.165, 1.54) is 58.3 Å². The maximum Gasteiger partial charge on any atom is 0.279 e. The summed E-state index contributed by atoms with van der Waals surface area (Å²) in [7, 11) is 0. The Morgan fingerprint density at radius 2 is 1.50 bits per heavy atom. The maximum absolute atomic E-state index is 10.6. The summed E-state index contributed by atoms with van der Waals surface area (Å²) in [5.74, 6) is -0.0498. The summed E-state index contributed by atoms with van der Waals surface area (Å²) in [6.45, 7) is 7.12. The minimum atomic E-state index is -0.497. The Kier molecular flexibility index (Phi) is 3.77. The zero-order valence-electron chi connectivity index (χ0n) is 13.1. The number of hydrogen-bond acceptors (Lipinski definition) is 8. The Morgan fingerprint density at radius 3 is 2.00 bits per heavy atom. The average Bonchev–Trinajstić information content (AvgIpc) is 2.54. The molecular weight excluding hydrogens is 312 g/mol. The molecule has 0 saturated carbocycles. The fourth-order valence-electron chi connectivity index (χ4n) is 3.54. The molecule has 9 heteroatoms. The van der Waals surface area contributed by atoms with Crippen molar-refractivity contribution in [2.75, 3.05) is 40.0 Å². The van der Waals surface area contributed by atoms with Crippen molar-refractivity contribution in [2.24, 2.45) is 0 Å². The quantitative estimate of drug-likeness (QED) is 0.607. The van der Waals surface area contributed by atoms with Crippen molar-refractivity contribution in [2.45, 2.75) is 0 Å². The molecule has 4 bridgehead atoms. The third-order valence-corrected chi connectivity index (χ3v) is 4.32. The summed E-state index contributed by atoms with van der Waals surface area (Å²) in [6, 6.07) is 5.68. The van der Waals surface area contributed by atoms with Crippen LogP contribution in [0.5, 0.6) is 5.75 Å². The number of aromatic hydroxyl groups is 1. The Bertz CT molecular complexity index is 726. The molecule has 0 atom stereocenters. The standard InChI is InChI=1S/C9H6N2O3.C6H12N4/c12-8-4-3-7(11(13)14)6-2-1-5-10-9(6)8;1-7-2-9-4-8(1)5-10(3-7)6-9/h1-5,12H;1-6H2. The van der Waals surface area contributed by atoms with Crippen LogP contribution >= 0.6 is 0 Å². The van der Waals surface area contributed by atoms with Gasteiger partial charge in [0.1, 0.15) is 11.3 Å². The van der Waals surface area contributed by atoms with Crippen LogP contribution in [0.1, 0.15) is 0 Å². The molecule has 1 N–H and O–H groups in total. The Labute approximate surface area is 138 Å². The lowest BCUT2D eigenvalue weighted by Crippen LogP contribution is -2.71. The number of aromatic nitrogens is 1. The van der Waals surface area contributed by atoms with Gasteiger partial charge in [0.05, 0.1) is 50.3 Å². The maximum atomic E-state index is 10.6. The van der Waals surface area contributed by atoms with Crippen LogP contribution in [0.15, 0.2) is 30.5 Å². The third kappa shape index (κ3) is 2.78. The molecule has 4 saturated heterocycles. The Morgan fingerprint density at radius 1 is 0.958 bits per heavy atom. The number of nitrogens with zero attached hydrogens (tertiary/aromatic N) is 6. The lowest BCUT2D eigenvalue weighted by atomic mass is 10.2. The van der Waals surface area contributed by atoms with E-state index in [2.05, 4.69) is 24.6 Å². The van der Waals surface area contributed by atoms with E-state index in [9.17, 15) is 15.2 Å². The summed E-state index contributed by atoms with van der Waals surface area (Å²) in [5, 5.41) is 20.4. The predicted octanol–water partition coefficient (Wildman–Crippen LogP) is 0.829. The van der Waals surface area contributed by atoms with Crippen molar-refractivity contribution in [3.8, 4) is 5.75 Å². The topological polar surface area (TPSA) is 89.2 Å². The first-order valence-corrected chi connectivity index (χ1v) is 7.70. The van der Waals surface area contributed by atoms with Crippen LogP contribution in [0.2, 0.25) is 0 Å². The van der Waals surface area contributed by atoms with E-state index in [-0.39, 0.29) is 17.0 Å². The van der Waals surface area contributed by atoms with E-state index in [1.807, 2.05) is 0 Å². The van der Waals surface area contributed by atoms with E-state index in [0.717, 1.165) is 0 Å². The minimum absolute atomic E-state index is 0.0498. The fraction of sp³-hybridized carbons (Fsp3) is 0.400.